The molecule has 0 unspecified atom stereocenters. The number of anilines is 2. The molecule has 1 N–H and O–H groups in total. The summed E-state index contributed by atoms with van der Waals surface area (Å²) in [5.74, 6) is 0.427. The van der Waals surface area contributed by atoms with Crippen LogP contribution in [-0.2, 0) is 4.79 Å². The van der Waals surface area contributed by atoms with Crippen molar-refractivity contribution < 1.29 is 9.21 Å². The minimum absolute atomic E-state index is 0.146. The lowest BCUT2D eigenvalue weighted by atomic mass is 10.0. The Morgan fingerprint density at radius 3 is 2.63 bits per heavy atom. The molecule has 7 nitrogen and oxygen atoms in total. The number of amides is 1. The summed E-state index contributed by atoms with van der Waals surface area (Å²) < 4.78 is 5.86. The number of benzene rings is 3. The summed E-state index contributed by atoms with van der Waals surface area (Å²) in [6.07, 6.45) is 0. The zero-order valence-corrected chi connectivity index (χ0v) is 21.0. The Morgan fingerprint density at radius 1 is 1.03 bits per heavy atom. The molecule has 180 valence electrons. The van der Waals surface area contributed by atoms with Crippen LogP contribution in [0.15, 0.2) is 70.3 Å². The van der Waals surface area contributed by atoms with E-state index in [1.807, 2.05) is 60.7 Å². The quantitative estimate of drug-likeness (QED) is 0.335. The minimum atomic E-state index is -0.157. The van der Waals surface area contributed by atoms with Gasteiger partial charge < -0.3 is 19.5 Å². The number of piperazine rings is 1. The lowest BCUT2D eigenvalue weighted by Crippen LogP contribution is -2.46. The smallest absolute Gasteiger partial charge is 0.277 e. The molecule has 1 amide bonds. The number of nitrogens with one attached hydrogen (secondary N) is 1. The van der Waals surface area contributed by atoms with E-state index in [4.69, 9.17) is 16.0 Å². The Balaban J connectivity index is 1.25. The maximum atomic E-state index is 12.8. The third-order valence-corrected chi connectivity index (χ3v) is 7.27. The molecular weight excluding hydrogens is 482 g/mol. The van der Waals surface area contributed by atoms with Gasteiger partial charge in [-0.05, 0) is 35.5 Å². The van der Waals surface area contributed by atoms with Gasteiger partial charge in [0, 0.05) is 31.7 Å². The second kappa shape index (κ2) is 10.7. The van der Waals surface area contributed by atoms with Gasteiger partial charge in [0.05, 0.1) is 22.2 Å². The number of aromatic nitrogens is 2. The van der Waals surface area contributed by atoms with Crippen molar-refractivity contribution in [1.82, 2.24) is 15.1 Å². The molecule has 9 heteroatoms. The van der Waals surface area contributed by atoms with E-state index in [0.717, 1.165) is 60.4 Å². The predicted octanol–water partition coefficient (Wildman–Crippen LogP) is 5.42. The summed E-state index contributed by atoms with van der Waals surface area (Å²) in [7, 11) is 0. The standard InChI is InChI=1S/C26H26ClN5O2S/c1-2-31-13-15-32(16-14-31)24-21(27)11-6-12-22(24)28-23(33)17-35-26-30-29-25(34-26)20-10-5-8-18-7-3-4-9-19(18)20/h3-12H,2,13-17H2,1H3,(H,28,33). The Kier molecular flexibility index (Phi) is 7.22. The maximum absolute atomic E-state index is 12.8. The summed E-state index contributed by atoms with van der Waals surface area (Å²) in [6, 6.07) is 19.6. The molecule has 35 heavy (non-hydrogen) atoms. The van der Waals surface area contributed by atoms with E-state index < -0.39 is 0 Å². The van der Waals surface area contributed by atoms with E-state index in [9.17, 15) is 4.79 Å². The van der Waals surface area contributed by atoms with Crippen LogP contribution < -0.4 is 10.2 Å². The van der Waals surface area contributed by atoms with Gasteiger partial charge in [0.1, 0.15) is 0 Å². The number of para-hydroxylation sites is 1. The largest absolute Gasteiger partial charge is 0.411 e. The van der Waals surface area contributed by atoms with Crippen molar-refractivity contribution in [3.05, 3.63) is 65.7 Å². The molecule has 0 saturated carbocycles. The van der Waals surface area contributed by atoms with Crippen LogP contribution in [0.4, 0.5) is 11.4 Å². The summed E-state index contributed by atoms with van der Waals surface area (Å²) in [4.78, 5) is 17.4. The highest BCUT2D eigenvalue weighted by Crippen LogP contribution is 2.35. The summed E-state index contributed by atoms with van der Waals surface area (Å²) in [5, 5.41) is 14.5. The van der Waals surface area contributed by atoms with Crippen molar-refractivity contribution in [3.8, 4) is 11.5 Å². The predicted molar refractivity (Wildman–Crippen MR) is 142 cm³/mol. The zero-order valence-electron chi connectivity index (χ0n) is 19.4. The Hall–Kier alpha value is -3.07. The molecule has 3 aromatic carbocycles. The first-order valence-electron chi connectivity index (χ1n) is 11.6. The Morgan fingerprint density at radius 2 is 1.80 bits per heavy atom. The molecule has 1 aromatic heterocycles. The molecule has 0 atom stereocenters. The van der Waals surface area contributed by atoms with Gasteiger partial charge in [0.25, 0.3) is 5.22 Å². The van der Waals surface area contributed by atoms with Gasteiger partial charge in [0.15, 0.2) is 0 Å². The highest BCUT2D eigenvalue weighted by Gasteiger charge is 2.22. The fraction of sp³-hybridized carbons (Fsp3) is 0.269. The van der Waals surface area contributed by atoms with Gasteiger partial charge in [-0.2, -0.15) is 0 Å². The van der Waals surface area contributed by atoms with E-state index >= 15 is 0 Å². The molecule has 0 radical (unpaired) electrons. The third-order valence-electron chi connectivity index (χ3n) is 6.15. The number of likely N-dealkylation sites (N-methyl/N-ethyl adjacent to an activating group) is 1. The van der Waals surface area contributed by atoms with Crippen LogP contribution in [0.5, 0.6) is 0 Å². The minimum Gasteiger partial charge on any atom is -0.411 e. The summed E-state index contributed by atoms with van der Waals surface area (Å²) >= 11 is 7.76. The third kappa shape index (κ3) is 5.29. The Bertz CT molecular complexity index is 1330. The number of fused-ring (bicyclic) bond motifs is 1. The fourth-order valence-corrected chi connectivity index (χ4v) is 5.18. The fourth-order valence-electron chi connectivity index (χ4n) is 4.33. The average Bonchev–Trinajstić information content (AvgIpc) is 3.36. The Labute approximate surface area is 213 Å². The second-order valence-electron chi connectivity index (χ2n) is 8.29. The van der Waals surface area contributed by atoms with Crippen molar-refractivity contribution in [1.29, 1.82) is 0 Å². The topological polar surface area (TPSA) is 74.5 Å². The van der Waals surface area contributed by atoms with Crippen molar-refractivity contribution in [2.75, 3.05) is 48.7 Å². The van der Waals surface area contributed by atoms with Crippen LogP contribution in [0, 0.1) is 0 Å². The molecule has 4 aromatic rings. The van der Waals surface area contributed by atoms with E-state index in [2.05, 4.69) is 32.2 Å². The van der Waals surface area contributed by atoms with E-state index in [1.165, 1.54) is 11.8 Å². The molecule has 5 rings (SSSR count). The number of thioether (sulfide) groups is 1. The lowest BCUT2D eigenvalue weighted by Gasteiger charge is -2.36. The van der Waals surface area contributed by atoms with Gasteiger partial charge in [-0.15, -0.1) is 10.2 Å². The van der Waals surface area contributed by atoms with Gasteiger partial charge in [-0.25, -0.2) is 0 Å². The monoisotopic (exact) mass is 507 g/mol. The van der Waals surface area contributed by atoms with Gasteiger partial charge in [-0.3, -0.25) is 4.79 Å². The van der Waals surface area contributed by atoms with Crippen LogP contribution in [0.25, 0.3) is 22.2 Å². The number of hydrogen-bond donors (Lipinski definition) is 1. The second-order valence-corrected chi connectivity index (χ2v) is 9.63. The maximum Gasteiger partial charge on any atom is 0.277 e. The molecule has 1 fully saturated rings. The molecule has 1 aliphatic heterocycles. The van der Waals surface area contributed by atoms with E-state index in [-0.39, 0.29) is 11.7 Å². The van der Waals surface area contributed by atoms with Gasteiger partial charge in [0.2, 0.25) is 11.8 Å². The van der Waals surface area contributed by atoms with Crippen LogP contribution in [-0.4, -0.2) is 59.5 Å². The molecule has 2 heterocycles. The molecule has 1 aliphatic rings. The number of halogens is 1. The van der Waals surface area contributed by atoms with Crippen LogP contribution in [0.3, 0.4) is 0 Å². The molecule has 0 aliphatic carbocycles. The molecule has 1 saturated heterocycles. The average molecular weight is 508 g/mol. The van der Waals surface area contributed by atoms with Gasteiger partial charge >= 0.3 is 0 Å². The van der Waals surface area contributed by atoms with E-state index in [1.54, 1.807) is 0 Å². The van der Waals surface area contributed by atoms with Crippen LogP contribution >= 0.6 is 23.4 Å². The zero-order chi connectivity index (χ0) is 24.2. The van der Waals surface area contributed by atoms with Crippen molar-refractivity contribution in [2.45, 2.75) is 12.1 Å². The summed E-state index contributed by atoms with van der Waals surface area (Å²) in [6.45, 7) is 6.89. The number of carbonyl (C=O) groups excluding carboxylic acids is 1. The number of carbonyl (C=O) groups is 1. The normalized spacial score (nSPS) is 14.4. The van der Waals surface area contributed by atoms with Crippen molar-refractivity contribution >= 4 is 51.4 Å². The van der Waals surface area contributed by atoms with Crippen molar-refractivity contribution in [2.24, 2.45) is 0 Å². The number of hydrogen-bond acceptors (Lipinski definition) is 7. The first-order valence-corrected chi connectivity index (χ1v) is 13.0. The molecule has 0 bridgehead atoms. The van der Waals surface area contributed by atoms with E-state index in [0.29, 0.717) is 16.1 Å². The SMILES string of the molecule is CCN1CCN(c2c(Cl)cccc2NC(=O)CSc2nnc(-c3cccc4ccccc34)o2)CC1. The number of rotatable bonds is 7. The summed E-state index contributed by atoms with van der Waals surface area (Å²) in [5.41, 5.74) is 2.47. The molecule has 0 spiro atoms. The van der Waals surface area contributed by atoms with Crippen molar-refractivity contribution in [3.63, 3.8) is 0 Å². The highest BCUT2D eigenvalue weighted by atomic mass is 35.5. The van der Waals surface area contributed by atoms with Crippen LogP contribution in [0.1, 0.15) is 6.92 Å². The lowest BCUT2D eigenvalue weighted by molar-refractivity contribution is -0.113. The first kappa shape index (κ1) is 23.7. The first-order chi connectivity index (χ1) is 17.1. The van der Waals surface area contributed by atoms with Gasteiger partial charge in [-0.1, -0.05) is 72.8 Å². The number of nitrogens with zero attached hydrogens (tertiary/aromatic N) is 4. The van der Waals surface area contributed by atoms with Crippen LogP contribution in [0.2, 0.25) is 5.02 Å². The highest BCUT2D eigenvalue weighted by molar-refractivity contribution is 7.99. The molecular formula is C26H26ClN5O2S.